The second kappa shape index (κ2) is 6.92. The third kappa shape index (κ3) is 4.12. The maximum Gasteiger partial charge on any atom is 0.136 e. The number of aliphatic hydroxyl groups is 1. The Morgan fingerprint density at radius 1 is 1.22 bits per heavy atom. The minimum Gasteiger partial charge on any atom is -0.392 e. The summed E-state index contributed by atoms with van der Waals surface area (Å²) in [4.78, 5) is 1.89. The summed E-state index contributed by atoms with van der Waals surface area (Å²) in [5.41, 5.74) is 0. The quantitative estimate of drug-likeness (QED) is 0.809. The lowest BCUT2D eigenvalue weighted by atomic mass is 10.2. The molecule has 1 unspecified atom stereocenters. The van der Waals surface area contributed by atoms with Gasteiger partial charge in [0, 0.05) is 15.5 Å². The molecule has 1 N–H and O–H groups in total. The molecular weight excluding hydrogens is 267 g/mol. The highest BCUT2D eigenvalue weighted by molar-refractivity contribution is 7.99. The van der Waals surface area contributed by atoms with Crippen LogP contribution in [0.25, 0.3) is 0 Å². The molecule has 96 valence electrons. The van der Waals surface area contributed by atoms with Crippen molar-refractivity contribution in [1.29, 1.82) is 0 Å². The Labute approximate surface area is 115 Å². The van der Waals surface area contributed by atoms with Gasteiger partial charge in [0.05, 0.1) is 6.10 Å². The van der Waals surface area contributed by atoms with Crippen molar-refractivity contribution >= 4 is 23.1 Å². The smallest absolute Gasteiger partial charge is 0.136 e. The van der Waals surface area contributed by atoms with Gasteiger partial charge in [-0.2, -0.15) is 0 Å². The highest BCUT2D eigenvalue weighted by Gasteiger charge is 2.08. The van der Waals surface area contributed by atoms with Gasteiger partial charge in [-0.05, 0) is 36.4 Å². The minimum atomic E-state index is -0.392. The van der Waals surface area contributed by atoms with Crippen LogP contribution >= 0.6 is 23.1 Å². The van der Waals surface area contributed by atoms with Crippen molar-refractivity contribution in [2.24, 2.45) is 0 Å². The van der Waals surface area contributed by atoms with E-state index in [0.717, 1.165) is 12.8 Å². The number of thiophene rings is 1. The van der Waals surface area contributed by atoms with Gasteiger partial charge in [-0.15, -0.1) is 23.1 Å². The molecule has 4 heteroatoms. The van der Waals surface area contributed by atoms with Crippen molar-refractivity contribution in [3.05, 3.63) is 52.5 Å². The van der Waals surface area contributed by atoms with Gasteiger partial charge in [0.15, 0.2) is 0 Å². The number of halogens is 1. The van der Waals surface area contributed by atoms with Crippen LogP contribution in [0.2, 0.25) is 0 Å². The van der Waals surface area contributed by atoms with E-state index in [1.165, 1.54) is 22.7 Å². The molecular formula is C14H15FOS2. The fourth-order valence-electron chi connectivity index (χ4n) is 1.59. The number of aliphatic hydroxyl groups excluding tert-OH is 1. The van der Waals surface area contributed by atoms with Crippen LogP contribution in [0.15, 0.2) is 46.7 Å². The van der Waals surface area contributed by atoms with Crippen LogP contribution in [-0.4, -0.2) is 17.0 Å². The Morgan fingerprint density at radius 3 is 2.78 bits per heavy atom. The second-order valence-electron chi connectivity index (χ2n) is 4.01. The summed E-state index contributed by atoms with van der Waals surface area (Å²) in [6.45, 7) is 0. The Hall–Kier alpha value is -0.840. The first-order valence-electron chi connectivity index (χ1n) is 5.83. The number of hydrogen-bond acceptors (Lipinski definition) is 3. The predicted molar refractivity (Wildman–Crippen MR) is 75.8 cm³/mol. The first kappa shape index (κ1) is 13.6. The molecule has 1 aromatic heterocycles. The normalized spacial score (nSPS) is 12.6. The van der Waals surface area contributed by atoms with Crippen molar-refractivity contribution in [3.8, 4) is 0 Å². The highest BCUT2D eigenvalue weighted by Crippen LogP contribution is 2.23. The fraction of sp³-hybridized carbons (Fsp3) is 0.286. The van der Waals surface area contributed by atoms with E-state index in [9.17, 15) is 9.50 Å². The first-order valence-corrected chi connectivity index (χ1v) is 7.70. The van der Waals surface area contributed by atoms with Gasteiger partial charge >= 0.3 is 0 Å². The molecule has 1 aromatic carbocycles. The number of thioether (sulfide) groups is 1. The molecule has 0 saturated carbocycles. The molecule has 0 spiro atoms. The zero-order valence-corrected chi connectivity index (χ0v) is 11.5. The lowest BCUT2D eigenvalue weighted by Crippen LogP contribution is -2.10. The molecule has 0 radical (unpaired) electrons. The monoisotopic (exact) mass is 282 g/mol. The molecule has 2 rings (SSSR count). The van der Waals surface area contributed by atoms with Crippen LogP contribution < -0.4 is 0 Å². The zero-order chi connectivity index (χ0) is 12.8. The summed E-state index contributed by atoms with van der Waals surface area (Å²) >= 11 is 3.07. The summed E-state index contributed by atoms with van der Waals surface area (Å²) in [7, 11) is 0. The molecule has 0 saturated heterocycles. The molecule has 1 atom stereocenters. The van der Waals surface area contributed by atoms with Crippen molar-refractivity contribution in [3.63, 3.8) is 0 Å². The Balaban J connectivity index is 1.75. The minimum absolute atomic E-state index is 0.215. The largest absolute Gasteiger partial charge is 0.392 e. The van der Waals surface area contributed by atoms with Gasteiger partial charge in [0.2, 0.25) is 0 Å². The molecule has 0 aliphatic rings. The van der Waals surface area contributed by atoms with Crippen LogP contribution in [0.5, 0.6) is 0 Å². The molecule has 0 aliphatic heterocycles. The molecule has 2 aromatic rings. The Kier molecular flexibility index (Phi) is 5.23. The Bertz CT molecular complexity index is 470. The lowest BCUT2D eigenvalue weighted by Gasteiger charge is -2.09. The lowest BCUT2D eigenvalue weighted by molar-refractivity contribution is 0.190. The standard InChI is InChI=1S/C14H15FOS2/c15-13-5-1-2-6-14(13)18-10-11(16)7-8-12-4-3-9-17-12/h1-6,9,11,16H,7-8,10H2. The van der Waals surface area contributed by atoms with Gasteiger partial charge in [0.25, 0.3) is 0 Å². The maximum absolute atomic E-state index is 13.3. The van der Waals surface area contributed by atoms with E-state index in [4.69, 9.17) is 0 Å². The summed E-state index contributed by atoms with van der Waals surface area (Å²) in [6, 6.07) is 10.8. The van der Waals surface area contributed by atoms with Gasteiger partial charge in [-0.3, -0.25) is 0 Å². The fourth-order valence-corrected chi connectivity index (χ4v) is 3.24. The third-order valence-corrected chi connectivity index (χ3v) is 4.70. The number of rotatable bonds is 6. The van der Waals surface area contributed by atoms with Gasteiger partial charge < -0.3 is 5.11 Å². The second-order valence-corrected chi connectivity index (χ2v) is 6.11. The topological polar surface area (TPSA) is 20.2 Å². The molecule has 18 heavy (non-hydrogen) atoms. The number of benzene rings is 1. The third-order valence-electron chi connectivity index (χ3n) is 2.57. The average molecular weight is 282 g/mol. The highest BCUT2D eigenvalue weighted by atomic mass is 32.2. The van der Waals surface area contributed by atoms with Gasteiger partial charge in [0.1, 0.15) is 5.82 Å². The molecule has 1 nitrogen and oxygen atoms in total. The van der Waals surface area contributed by atoms with Crippen molar-refractivity contribution in [1.82, 2.24) is 0 Å². The average Bonchev–Trinajstić information content (AvgIpc) is 2.88. The molecule has 0 bridgehead atoms. The molecule has 0 fully saturated rings. The van der Waals surface area contributed by atoms with E-state index < -0.39 is 6.10 Å². The number of aryl methyl sites for hydroxylation is 1. The van der Waals surface area contributed by atoms with E-state index >= 15 is 0 Å². The predicted octanol–water partition coefficient (Wildman–Crippen LogP) is 3.97. The molecule has 0 aliphatic carbocycles. The SMILES string of the molecule is OC(CCc1cccs1)CSc1ccccc1F. The first-order chi connectivity index (χ1) is 8.75. The summed E-state index contributed by atoms with van der Waals surface area (Å²) in [5.74, 6) is 0.319. The van der Waals surface area contributed by atoms with E-state index in [-0.39, 0.29) is 5.82 Å². The van der Waals surface area contributed by atoms with Gasteiger partial charge in [-0.25, -0.2) is 4.39 Å². The van der Waals surface area contributed by atoms with Crippen molar-refractivity contribution in [2.75, 3.05) is 5.75 Å². The molecule has 1 heterocycles. The van der Waals surface area contributed by atoms with E-state index in [2.05, 4.69) is 6.07 Å². The molecule has 0 amide bonds. The summed E-state index contributed by atoms with van der Waals surface area (Å²) in [5, 5.41) is 11.9. The van der Waals surface area contributed by atoms with Crippen LogP contribution in [-0.2, 0) is 6.42 Å². The van der Waals surface area contributed by atoms with Crippen LogP contribution in [0.4, 0.5) is 4.39 Å². The van der Waals surface area contributed by atoms with Gasteiger partial charge in [-0.1, -0.05) is 18.2 Å². The van der Waals surface area contributed by atoms with Crippen LogP contribution in [0.3, 0.4) is 0 Å². The number of hydrogen-bond donors (Lipinski definition) is 1. The van der Waals surface area contributed by atoms with Crippen LogP contribution in [0, 0.1) is 5.82 Å². The van der Waals surface area contributed by atoms with E-state index in [0.29, 0.717) is 10.6 Å². The van der Waals surface area contributed by atoms with E-state index in [1.54, 1.807) is 23.5 Å². The van der Waals surface area contributed by atoms with Crippen molar-refractivity contribution in [2.45, 2.75) is 23.8 Å². The zero-order valence-electron chi connectivity index (χ0n) is 9.88. The maximum atomic E-state index is 13.3. The van der Waals surface area contributed by atoms with Crippen molar-refractivity contribution < 1.29 is 9.50 Å². The van der Waals surface area contributed by atoms with E-state index in [1.807, 2.05) is 17.5 Å². The van der Waals surface area contributed by atoms with Crippen LogP contribution in [0.1, 0.15) is 11.3 Å². The summed E-state index contributed by atoms with van der Waals surface area (Å²) < 4.78 is 13.3. The summed E-state index contributed by atoms with van der Waals surface area (Å²) in [6.07, 6.45) is 1.22. The Morgan fingerprint density at radius 2 is 2.06 bits per heavy atom.